The van der Waals surface area contributed by atoms with Crippen LogP contribution in [0.25, 0.3) is 0 Å². The summed E-state index contributed by atoms with van der Waals surface area (Å²) in [5, 5.41) is 0. The second kappa shape index (κ2) is 10.3. The van der Waals surface area contributed by atoms with E-state index in [4.69, 9.17) is 14.2 Å². The van der Waals surface area contributed by atoms with E-state index in [-0.39, 0.29) is 5.91 Å². The Labute approximate surface area is 202 Å². The zero-order valence-corrected chi connectivity index (χ0v) is 20.4. The van der Waals surface area contributed by atoms with Crippen LogP contribution in [0.3, 0.4) is 0 Å². The van der Waals surface area contributed by atoms with E-state index in [0.717, 1.165) is 28.0 Å². The van der Waals surface area contributed by atoms with Crippen molar-refractivity contribution in [1.29, 1.82) is 0 Å². The second-order valence-corrected chi connectivity index (χ2v) is 9.54. The third kappa shape index (κ3) is 5.60. The van der Waals surface area contributed by atoms with Crippen molar-refractivity contribution >= 4 is 5.91 Å². The van der Waals surface area contributed by atoms with Gasteiger partial charge in [-0.15, -0.1) is 0 Å². The number of methoxy groups -OCH3 is 1. The number of ether oxygens (including phenoxy) is 3. The van der Waals surface area contributed by atoms with Crippen LogP contribution in [-0.4, -0.2) is 30.1 Å². The molecular weight excluding hydrogens is 426 g/mol. The highest BCUT2D eigenvalue weighted by Gasteiger charge is 2.33. The summed E-state index contributed by atoms with van der Waals surface area (Å²) in [7, 11) is 1.66. The van der Waals surface area contributed by atoms with Crippen molar-refractivity contribution in [3.8, 4) is 11.5 Å². The molecule has 0 N–H and O–H groups in total. The molecular formula is C29H33NO4. The number of nitrogens with zero attached hydrogens (tertiary/aromatic N) is 1. The topological polar surface area (TPSA) is 48.0 Å². The molecule has 0 aliphatic carbocycles. The second-order valence-electron chi connectivity index (χ2n) is 9.54. The SMILES string of the molecule is COc1ccc2c(c1OCc1ccccc1)CCN(C(=O)C(OC(C)(C)C)c1ccccc1)C2. The van der Waals surface area contributed by atoms with Crippen molar-refractivity contribution in [2.24, 2.45) is 0 Å². The third-order valence-corrected chi connectivity index (χ3v) is 5.87. The molecule has 0 fully saturated rings. The van der Waals surface area contributed by atoms with E-state index in [1.807, 2.05) is 98.5 Å². The van der Waals surface area contributed by atoms with Gasteiger partial charge in [0, 0.05) is 18.7 Å². The molecule has 1 atom stereocenters. The normalized spacial score (nSPS) is 14.3. The molecule has 3 aromatic rings. The fraction of sp³-hybridized carbons (Fsp3) is 0.345. The van der Waals surface area contributed by atoms with E-state index < -0.39 is 11.7 Å². The van der Waals surface area contributed by atoms with Gasteiger partial charge in [-0.05, 0) is 49.9 Å². The van der Waals surface area contributed by atoms with Crippen LogP contribution in [0.15, 0.2) is 72.8 Å². The molecule has 4 rings (SSSR count). The van der Waals surface area contributed by atoms with Crippen molar-refractivity contribution in [3.63, 3.8) is 0 Å². The van der Waals surface area contributed by atoms with E-state index in [2.05, 4.69) is 0 Å². The van der Waals surface area contributed by atoms with Gasteiger partial charge < -0.3 is 19.1 Å². The zero-order valence-electron chi connectivity index (χ0n) is 20.4. The predicted molar refractivity (Wildman–Crippen MR) is 133 cm³/mol. The molecule has 0 bridgehead atoms. The monoisotopic (exact) mass is 459 g/mol. The van der Waals surface area contributed by atoms with Gasteiger partial charge >= 0.3 is 0 Å². The number of fused-ring (bicyclic) bond motifs is 1. The van der Waals surface area contributed by atoms with E-state index in [1.54, 1.807) is 7.11 Å². The molecule has 1 heterocycles. The average molecular weight is 460 g/mol. The molecule has 1 aliphatic heterocycles. The van der Waals surface area contributed by atoms with Crippen molar-refractivity contribution < 1.29 is 19.0 Å². The first-order chi connectivity index (χ1) is 16.4. The Balaban J connectivity index is 1.57. The first-order valence-corrected chi connectivity index (χ1v) is 11.7. The highest BCUT2D eigenvalue weighted by molar-refractivity contribution is 5.83. The molecule has 34 heavy (non-hydrogen) atoms. The van der Waals surface area contributed by atoms with Crippen molar-refractivity contribution in [3.05, 3.63) is 95.1 Å². The molecule has 1 amide bonds. The van der Waals surface area contributed by atoms with Gasteiger partial charge in [0.25, 0.3) is 5.91 Å². The third-order valence-electron chi connectivity index (χ3n) is 5.87. The van der Waals surface area contributed by atoms with Gasteiger partial charge in [-0.1, -0.05) is 66.7 Å². The minimum atomic E-state index is -0.644. The minimum Gasteiger partial charge on any atom is -0.493 e. The lowest BCUT2D eigenvalue weighted by atomic mass is 9.96. The molecule has 178 valence electrons. The van der Waals surface area contributed by atoms with E-state index in [9.17, 15) is 4.79 Å². The number of amides is 1. The maximum atomic E-state index is 13.6. The molecule has 5 nitrogen and oxygen atoms in total. The van der Waals surface area contributed by atoms with Crippen LogP contribution >= 0.6 is 0 Å². The van der Waals surface area contributed by atoms with Crippen LogP contribution in [-0.2, 0) is 29.1 Å². The maximum absolute atomic E-state index is 13.6. The maximum Gasteiger partial charge on any atom is 0.256 e. The first-order valence-electron chi connectivity index (χ1n) is 11.7. The average Bonchev–Trinajstić information content (AvgIpc) is 2.85. The zero-order chi connectivity index (χ0) is 24.1. The summed E-state index contributed by atoms with van der Waals surface area (Å²) in [5.41, 5.74) is 3.70. The summed E-state index contributed by atoms with van der Waals surface area (Å²) in [4.78, 5) is 15.5. The highest BCUT2D eigenvalue weighted by atomic mass is 16.5. The van der Waals surface area contributed by atoms with Crippen molar-refractivity contribution in [1.82, 2.24) is 4.90 Å². The Morgan fingerprint density at radius 2 is 1.65 bits per heavy atom. The molecule has 1 unspecified atom stereocenters. The number of carbonyl (C=O) groups excluding carboxylic acids is 1. The summed E-state index contributed by atoms with van der Waals surface area (Å²) in [6.07, 6.45) is 0.0502. The Bertz CT molecular complexity index is 1110. The summed E-state index contributed by atoms with van der Waals surface area (Å²) < 4.78 is 18.1. The molecule has 5 heteroatoms. The lowest BCUT2D eigenvalue weighted by Crippen LogP contribution is -2.41. The molecule has 0 saturated heterocycles. The predicted octanol–water partition coefficient (Wildman–Crippen LogP) is 5.72. The van der Waals surface area contributed by atoms with Gasteiger partial charge in [0.1, 0.15) is 6.61 Å². The van der Waals surface area contributed by atoms with Crippen molar-refractivity contribution in [2.45, 2.75) is 52.0 Å². The standard InChI is InChI=1S/C29H33NO4/c1-29(2,3)34-26(22-13-9-6-10-14-22)28(31)30-18-17-24-23(19-30)15-16-25(32-4)27(24)33-20-21-11-7-5-8-12-21/h5-16,26H,17-20H2,1-4H3. The van der Waals surface area contributed by atoms with Crippen LogP contribution in [0.4, 0.5) is 0 Å². The van der Waals surface area contributed by atoms with E-state index >= 15 is 0 Å². The quantitative estimate of drug-likeness (QED) is 0.454. The largest absolute Gasteiger partial charge is 0.493 e. The number of hydrogen-bond donors (Lipinski definition) is 0. The van der Waals surface area contributed by atoms with E-state index in [0.29, 0.717) is 31.9 Å². The molecule has 1 aliphatic rings. The Morgan fingerprint density at radius 3 is 2.29 bits per heavy atom. The van der Waals surface area contributed by atoms with Crippen LogP contribution in [0, 0.1) is 0 Å². The fourth-order valence-corrected chi connectivity index (χ4v) is 4.25. The summed E-state index contributed by atoms with van der Waals surface area (Å²) in [5.74, 6) is 1.46. The van der Waals surface area contributed by atoms with Gasteiger partial charge in [-0.2, -0.15) is 0 Å². The van der Waals surface area contributed by atoms with Crippen LogP contribution in [0.5, 0.6) is 11.5 Å². The molecule has 0 aromatic heterocycles. The van der Waals surface area contributed by atoms with Gasteiger partial charge in [-0.3, -0.25) is 4.79 Å². The summed E-state index contributed by atoms with van der Waals surface area (Å²) in [6, 6.07) is 23.8. The van der Waals surface area contributed by atoms with Crippen LogP contribution in [0.2, 0.25) is 0 Å². The first kappa shape index (κ1) is 23.8. The van der Waals surface area contributed by atoms with Crippen LogP contribution < -0.4 is 9.47 Å². The van der Waals surface area contributed by atoms with E-state index in [1.165, 1.54) is 0 Å². The summed E-state index contributed by atoms with van der Waals surface area (Å²) in [6.45, 7) is 7.50. The minimum absolute atomic E-state index is 0.0191. The summed E-state index contributed by atoms with van der Waals surface area (Å²) >= 11 is 0. The lowest BCUT2D eigenvalue weighted by molar-refractivity contribution is -0.155. The Morgan fingerprint density at radius 1 is 0.971 bits per heavy atom. The van der Waals surface area contributed by atoms with Crippen LogP contribution in [0.1, 0.15) is 49.1 Å². The van der Waals surface area contributed by atoms with Gasteiger partial charge in [0.2, 0.25) is 0 Å². The molecule has 0 radical (unpaired) electrons. The Hall–Kier alpha value is -3.31. The number of hydrogen-bond acceptors (Lipinski definition) is 4. The Kier molecular flexibility index (Phi) is 7.23. The number of carbonyl (C=O) groups is 1. The van der Waals surface area contributed by atoms with Gasteiger partial charge in [0.05, 0.1) is 12.7 Å². The molecule has 0 spiro atoms. The lowest BCUT2D eigenvalue weighted by Gasteiger charge is -2.35. The highest BCUT2D eigenvalue weighted by Crippen LogP contribution is 2.38. The molecule has 0 saturated carbocycles. The molecule has 3 aromatic carbocycles. The van der Waals surface area contributed by atoms with Gasteiger partial charge in [0.15, 0.2) is 17.6 Å². The fourth-order valence-electron chi connectivity index (χ4n) is 4.25. The number of rotatable bonds is 7. The number of benzene rings is 3. The van der Waals surface area contributed by atoms with Gasteiger partial charge in [-0.25, -0.2) is 0 Å². The van der Waals surface area contributed by atoms with Crippen molar-refractivity contribution in [2.75, 3.05) is 13.7 Å². The smallest absolute Gasteiger partial charge is 0.256 e.